The number of nitrogens with zero attached hydrogens (tertiary/aromatic N) is 1. The van der Waals surface area contributed by atoms with Crippen LogP contribution in [0.1, 0.15) is 24.5 Å². The first kappa shape index (κ1) is 14.0. The molecule has 1 aromatic carbocycles. The van der Waals surface area contributed by atoms with Crippen molar-refractivity contribution in [3.8, 4) is 6.07 Å². The Morgan fingerprint density at radius 1 is 1.53 bits per heavy atom. The number of nitrogens with one attached hydrogen (secondary N) is 2. The molecule has 0 radical (unpaired) electrons. The summed E-state index contributed by atoms with van der Waals surface area (Å²) in [4.78, 5) is 0. The normalized spacial score (nSPS) is 23.2. The molecule has 1 atom stereocenters. The molecule has 102 valence electrons. The van der Waals surface area contributed by atoms with Crippen molar-refractivity contribution in [3.63, 3.8) is 0 Å². The van der Waals surface area contributed by atoms with Gasteiger partial charge < -0.3 is 5.32 Å². The van der Waals surface area contributed by atoms with Gasteiger partial charge in [-0.3, -0.25) is 0 Å². The second-order valence-electron chi connectivity index (χ2n) is 5.16. The van der Waals surface area contributed by atoms with Crippen LogP contribution in [0.3, 0.4) is 0 Å². The van der Waals surface area contributed by atoms with Crippen LogP contribution in [0.4, 0.5) is 0 Å². The third-order valence-electron chi connectivity index (χ3n) is 3.18. The van der Waals surface area contributed by atoms with Crippen LogP contribution in [0.5, 0.6) is 0 Å². The fourth-order valence-electron chi connectivity index (χ4n) is 2.27. The van der Waals surface area contributed by atoms with Crippen LogP contribution in [0, 0.1) is 11.3 Å². The fourth-order valence-corrected chi connectivity index (χ4v) is 3.88. The van der Waals surface area contributed by atoms with E-state index >= 15 is 0 Å². The van der Waals surface area contributed by atoms with Crippen molar-refractivity contribution in [3.05, 3.63) is 35.4 Å². The number of hydrogen-bond donors (Lipinski definition) is 2. The molecule has 0 amide bonds. The highest BCUT2D eigenvalue weighted by Crippen LogP contribution is 2.16. The lowest BCUT2D eigenvalue weighted by atomic mass is 10.0. The van der Waals surface area contributed by atoms with E-state index in [9.17, 15) is 8.42 Å². The molecule has 1 unspecified atom stereocenters. The van der Waals surface area contributed by atoms with Gasteiger partial charge >= 0.3 is 0 Å². The van der Waals surface area contributed by atoms with Crippen molar-refractivity contribution >= 4 is 10.0 Å². The van der Waals surface area contributed by atoms with E-state index in [0.717, 1.165) is 13.0 Å². The van der Waals surface area contributed by atoms with Gasteiger partial charge in [0.1, 0.15) is 0 Å². The number of hydrogen-bond acceptors (Lipinski definition) is 4. The molecule has 1 aliphatic rings. The molecule has 0 saturated carbocycles. The zero-order chi connectivity index (χ0) is 13.9. The predicted molar refractivity (Wildman–Crippen MR) is 72.8 cm³/mol. The monoisotopic (exact) mass is 279 g/mol. The van der Waals surface area contributed by atoms with Gasteiger partial charge in [0.05, 0.1) is 17.4 Å². The summed E-state index contributed by atoms with van der Waals surface area (Å²) in [6, 6.07) is 8.69. The lowest BCUT2D eigenvalue weighted by molar-refractivity contribution is 0.451. The summed E-state index contributed by atoms with van der Waals surface area (Å²) in [6.07, 6.45) is 0.782. The Balaban J connectivity index is 2.10. The van der Waals surface area contributed by atoms with Crippen molar-refractivity contribution < 1.29 is 8.42 Å². The second-order valence-corrected chi connectivity index (χ2v) is 6.88. The maximum Gasteiger partial charge on any atom is 0.216 e. The van der Waals surface area contributed by atoms with Gasteiger partial charge in [-0.05, 0) is 37.6 Å². The van der Waals surface area contributed by atoms with E-state index in [1.807, 2.05) is 13.0 Å². The Hall–Kier alpha value is -1.42. The van der Waals surface area contributed by atoms with Crippen molar-refractivity contribution in [2.45, 2.75) is 24.6 Å². The zero-order valence-corrected chi connectivity index (χ0v) is 11.6. The Labute approximate surface area is 113 Å². The molecule has 2 N–H and O–H groups in total. The summed E-state index contributed by atoms with van der Waals surface area (Å²) in [5.41, 5.74) is 0.689. The summed E-state index contributed by atoms with van der Waals surface area (Å²) in [5, 5.41) is 12.0. The third kappa shape index (κ3) is 3.77. The number of nitriles is 1. The van der Waals surface area contributed by atoms with Crippen LogP contribution in [0.2, 0.25) is 0 Å². The first-order valence-corrected chi connectivity index (χ1v) is 7.79. The first-order chi connectivity index (χ1) is 8.92. The maximum absolute atomic E-state index is 12.1. The molecule has 1 aliphatic heterocycles. The van der Waals surface area contributed by atoms with Crippen LogP contribution in [-0.4, -0.2) is 27.0 Å². The van der Waals surface area contributed by atoms with Crippen LogP contribution in [0.25, 0.3) is 0 Å². The van der Waals surface area contributed by atoms with E-state index in [2.05, 4.69) is 10.0 Å². The van der Waals surface area contributed by atoms with Gasteiger partial charge in [-0.1, -0.05) is 12.1 Å². The quantitative estimate of drug-likeness (QED) is 0.851. The maximum atomic E-state index is 12.1. The van der Waals surface area contributed by atoms with Crippen molar-refractivity contribution in [2.75, 3.05) is 13.1 Å². The van der Waals surface area contributed by atoms with Gasteiger partial charge in [-0.2, -0.15) is 5.26 Å². The summed E-state index contributed by atoms with van der Waals surface area (Å²) in [6.45, 7) is 3.36. The smallest absolute Gasteiger partial charge is 0.216 e. The molecule has 0 spiro atoms. The SMILES string of the molecule is CC1(NS(=O)(=O)Cc2cccc(C#N)c2)CCNC1. The molecule has 0 aromatic heterocycles. The molecular weight excluding hydrogens is 262 g/mol. The summed E-state index contributed by atoms with van der Waals surface area (Å²) in [5.74, 6) is -0.0991. The lowest BCUT2D eigenvalue weighted by Gasteiger charge is -2.24. The average Bonchev–Trinajstić information content (AvgIpc) is 2.74. The fraction of sp³-hybridized carbons (Fsp3) is 0.462. The van der Waals surface area contributed by atoms with Gasteiger partial charge in [0.25, 0.3) is 0 Å². The molecule has 6 heteroatoms. The van der Waals surface area contributed by atoms with E-state index in [1.165, 1.54) is 0 Å². The standard InChI is InChI=1S/C13H17N3O2S/c1-13(5-6-15-10-13)16-19(17,18)9-12-4-2-3-11(7-12)8-14/h2-4,7,15-16H,5-6,9-10H2,1H3. The Kier molecular flexibility index (Phi) is 3.90. The number of rotatable bonds is 4. The minimum Gasteiger partial charge on any atom is -0.315 e. The molecule has 0 aliphatic carbocycles. The Morgan fingerprint density at radius 3 is 2.95 bits per heavy atom. The Bertz CT molecular complexity index is 599. The van der Waals surface area contributed by atoms with Gasteiger partial charge in [0.15, 0.2) is 0 Å². The zero-order valence-electron chi connectivity index (χ0n) is 10.8. The highest BCUT2D eigenvalue weighted by atomic mass is 32.2. The molecule has 1 heterocycles. The van der Waals surface area contributed by atoms with Gasteiger partial charge in [0.2, 0.25) is 10.0 Å². The van der Waals surface area contributed by atoms with E-state index in [4.69, 9.17) is 5.26 Å². The van der Waals surface area contributed by atoms with E-state index < -0.39 is 15.6 Å². The first-order valence-electron chi connectivity index (χ1n) is 6.14. The van der Waals surface area contributed by atoms with Crippen LogP contribution in [-0.2, 0) is 15.8 Å². The van der Waals surface area contributed by atoms with Gasteiger partial charge in [-0.25, -0.2) is 13.1 Å². The minimum atomic E-state index is -3.40. The second kappa shape index (κ2) is 5.29. The van der Waals surface area contributed by atoms with Gasteiger partial charge in [0, 0.05) is 12.1 Å². The highest BCUT2D eigenvalue weighted by Gasteiger charge is 2.32. The Morgan fingerprint density at radius 2 is 2.32 bits per heavy atom. The van der Waals surface area contributed by atoms with Crippen LogP contribution in [0.15, 0.2) is 24.3 Å². The van der Waals surface area contributed by atoms with Gasteiger partial charge in [-0.15, -0.1) is 0 Å². The van der Waals surface area contributed by atoms with E-state index in [-0.39, 0.29) is 5.75 Å². The summed E-state index contributed by atoms with van der Waals surface area (Å²) in [7, 11) is -3.40. The lowest BCUT2D eigenvalue weighted by Crippen LogP contribution is -2.47. The molecule has 1 fully saturated rings. The third-order valence-corrected chi connectivity index (χ3v) is 4.70. The average molecular weight is 279 g/mol. The topological polar surface area (TPSA) is 82.0 Å². The largest absolute Gasteiger partial charge is 0.315 e. The number of sulfonamides is 1. The molecule has 1 aromatic rings. The van der Waals surface area contributed by atoms with Crippen molar-refractivity contribution in [2.24, 2.45) is 0 Å². The van der Waals surface area contributed by atoms with Crippen LogP contribution < -0.4 is 10.0 Å². The molecule has 1 saturated heterocycles. The molecule has 2 rings (SSSR count). The molecular formula is C13H17N3O2S. The molecule has 5 nitrogen and oxygen atoms in total. The summed E-state index contributed by atoms with van der Waals surface area (Å²) >= 11 is 0. The summed E-state index contributed by atoms with van der Waals surface area (Å²) < 4.78 is 27.0. The van der Waals surface area contributed by atoms with E-state index in [1.54, 1.807) is 24.3 Å². The highest BCUT2D eigenvalue weighted by molar-refractivity contribution is 7.88. The van der Waals surface area contributed by atoms with E-state index in [0.29, 0.717) is 17.7 Å². The molecule has 0 bridgehead atoms. The van der Waals surface area contributed by atoms with Crippen molar-refractivity contribution in [1.82, 2.24) is 10.0 Å². The van der Waals surface area contributed by atoms with Crippen molar-refractivity contribution in [1.29, 1.82) is 5.26 Å². The number of benzene rings is 1. The minimum absolute atomic E-state index is 0.0991. The molecule has 19 heavy (non-hydrogen) atoms. The predicted octanol–water partition coefficient (Wildman–Crippen LogP) is 0.730. The van der Waals surface area contributed by atoms with Crippen LogP contribution >= 0.6 is 0 Å².